The molecule has 7 nitrogen and oxygen atoms in total. The molecule has 2 aliphatic rings. The number of nitrogens with zero attached hydrogens (tertiary/aromatic N) is 1. The van der Waals surface area contributed by atoms with Gasteiger partial charge >= 0.3 is 0 Å². The standard InChI is InChI=1S/C31H36N2O5/c1-36-21-27-11-6-16-33(27)19-28-18-29(23-14-12-22(20-34)13-15-23)38-31(37-28)25-9-5-10-26(17-25)32-30(35)24-7-3-2-4-8-24/h2-5,7-10,12-15,17,27-29,31,34H,6,11,16,18-21H2,1H3,(H,32,35)/t27-,28-,29+,31+/m0/s1. The normalized spacial score (nSPS) is 23.8. The van der Waals surface area contributed by atoms with E-state index >= 15 is 0 Å². The van der Waals surface area contributed by atoms with E-state index in [9.17, 15) is 9.90 Å². The van der Waals surface area contributed by atoms with E-state index in [-0.39, 0.29) is 24.7 Å². The maximum Gasteiger partial charge on any atom is 0.255 e. The Morgan fingerprint density at radius 3 is 2.61 bits per heavy atom. The average Bonchev–Trinajstić information content (AvgIpc) is 3.40. The van der Waals surface area contributed by atoms with Crippen LogP contribution in [-0.2, 0) is 20.8 Å². The Balaban J connectivity index is 1.35. The van der Waals surface area contributed by atoms with Gasteiger partial charge in [-0.05, 0) is 54.8 Å². The van der Waals surface area contributed by atoms with Gasteiger partial charge in [-0.2, -0.15) is 0 Å². The van der Waals surface area contributed by atoms with Crippen LogP contribution in [0.5, 0.6) is 0 Å². The quantitative estimate of drug-likeness (QED) is 0.413. The van der Waals surface area contributed by atoms with Crippen LogP contribution >= 0.6 is 0 Å². The minimum Gasteiger partial charge on any atom is -0.392 e. The predicted molar refractivity (Wildman–Crippen MR) is 146 cm³/mol. The van der Waals surface area contributed by atoms with Gasteiger partial charge < -0.3 is 24.6 Å². The Labute approximate surface area is 224 Å². The lowest BCUT2D eigenvalue weighted by atomic mass is 9.99. The molecule has 2 aliphatic heterocycles. The number of carbonyl (C=O) groups excluding carboxylic acids is 1. The first kappa shape index (κ1) is 26.5. The average molecular weight is 517 g/mol. The Hall–Kier alpha value is -3.07. The molecule has 0 aliphatic carbocycles. The Bertz CT molecular complexity index is 1190. The molecular formula is C31H36N2O5. The van der Waals surface area contributed by atoms with Crippen LogP contribution in [0.1, 0.15) is 58.7 Å². The number of nitrogens with one attached hydrogen (secondary N) is 1. The second-order valence-corrected chi connectivity index (χ2v) is 10.0. The minimum atomic E-state index is -0.576. The van der Waals surface area contributed by atoms with Crippen molar-refractivity contribution in [3.63, 3.8) is 0 Å². The summed E-state index contributed by atoms with van der Waals surface area (Å²) in [5.41, 5.74) is 4.08. The predicted octanol–water partition coefficient (Wildman–Crippen LogP) is 5.09. The summed E-state index contributed by atoms with van der Waals surface area (Å²) in [6.45, 7) is 2.58. The van der Waals surface area contributed by atoms with Crippen molar-refractivity contribution >= 4 is 11.6 Å². The number of likely N-dealkylation sites (tertiary alicyclic amines) is 1. The van der Waals surface area contributed by atoms with Crippen molar-refractivity contribution in [2.45, 2.75) is 50.4 Å². The van der Waals surface area contributed by atoms with Crippen LogP contribution in [0, 0.1) is 0 Å². The van der Waals surface area contributed by atoms with E-state index in [1.165, 1.54) is 0 Å². The van der Waals surface area contributed by atoms with Crippen LogP contribution in [0.4, 0.5) is 5.69 Å². The lowest BCUT2D eigenvalue weighted by Gasteiger charge is -2.39. The number of methoxy groups -OCH3 is 1. The maximum absolute atomic E-state index is 12.7. The van der Waals surface area contributed by atoms with Crippen molar-refractivity contribution in [3.05, 3.63) is 101 Å². The van der Waals surface area contributed by atoms with Crippen LogP contribution < -0.4 is 5.32 Å². The zero-order chi connectivity index (χ0) is 26.3. The molecule has 0 saturated carbocycles. The van der Waals surface area contributed by atoms with E-state index in [2.05, 4.69) is 10.2 Å². The molecule has 38 heavy (non-hydrogen) atoms. The molecule has 3 aromatic carbocycles. The number of amides is 1. The van der Waals surface area contributed by atoms with Crippen molar-refractivity contribution in [1.82, 2.24) is 4.90 Å². The highest BCUT2D eigenvalue weighted by atomic mass is 16.7. The molecule has 2 fully saturated rings. The number of aliphatic hydroxyl groups excluding tert-OH is 1. The first-order valence-corrected chi connectivity index (χ1v) is 13.3. The molecule has 2 heterocycles. The van der Waals surface area contributed by atoms with Gasteiger partial charge in [-0.3, -0.25) is 9.69 Å². The van der Waals surface area contributed by atoms with E-state index in [1.54, 1.807) is 19.2 Å². The molecule has 3 aromatic rings. The van der Waals surface area contributed by atoms with E-state index in [0.717, 1.165) is 55.6 Å². The number of aliphatic hydroxyl groups is 1. The van der Waals surface area contributed by atoms with Gasteiger partial charge in [0.15, 0.2) is 6.29 Å². The molecule has 7 heteroatoms. The molecule has 0 spiro atoms. The van der Waals surface area contributed by atoms with Crippen molar-refractivity contribution in [3.8, 4) is 0 Å². The molecule has 2 N–H and O–H groups in total. The van der Waals surface area contributed by atoms with E-state index < -0.39 is 6.29 Å². The highest BCUT2D eigenvalue weighted by Crippen LogP contribution is 2.39. The SMILES string of the molecule is COC[C@@H]1CCCN1C[C@@H]1C[C@H](c2ccc(CO)cc2)O[C@H](c2cccc(NC(=O)c3ccccc3)c2)O1. The van der Waals surface area contributed by atoms with Crippen LogP contribution in [-0.4, -0.2) is 54.9 Å². The number of anilines is 1. The zero-order valence-electron chi connectivity index (χ0n) is 21.8. The number of benzene rings is 3. The molecule has 2 saturated heterocycles. The summed E-state index contributed by atoms with van der Waals surface area (Å²) in [7, 11) is 1.76. The van der Waals surface area contributed by atoms with Gasteiger partial charge in [0.1, 0.15) is 0 Å². The molecular weight excluding hydrogens is 480 g/mol. The summed E-state index contributed by atoms with van der Waals surface area (Å²) >= 11 is 0. The van der Waals surface area contributed by atoms with Gasteiger partial charge in [0.05, 0.1) is 25.4 Å². The number of rotatable bonds is 9. The van der Waals surface area contributed by atoms with Crippen molar-refractivity contribution < 1.29 is 24.1 Å². The van der Waals surface area contributed by atoms with Gasteiger partial charge in [0.25, 0.3) is 5.91 Å². The molecule has 0 bridgehead atoms. The van der Waals surface area contributed by atoms with Crippen molar-refractivity contribution in [2.75, 3.05) is 32.1 Å². The first-order valence-electron chi connectivity index (χ1n) is 13.3. The Morgan fingerprint density at radius 2 is 1.84 bits per heavy atom. The van der Waals surface area contributed by atoms with E-state index in [0.29, 0.717) is 17.3 Å². The third kappa shape index (κ3) is 6.49. The Morgan fingerprint density at radius 1 is 1.03 bits per heavy atom. The monoisotopic (exact) mass is 516 g/mol. The highest BCUT2D eigenvalue weighted by Gasteiger charge is 2.35. The second-order valence-electron chi connectivity index (χ2n) is 10.0. The molecule has 0 unspecified atom stereocenters. The first-order chi connectivity index (χ1) is 18.6. The fourth-order valence-corrected chi connectivity index (χ4v) is 5.37. The highest BCUT2D eigenvalue weighted by molar-refractivity contribution is 6.04. The molecule has 4 atom stereocenters. The van der Waals surface area contributed by atoms with Crippen molar-refractivity contribution in [1.29, 1.82) is 0 Å². The topological polar surface area (TPSA) is 80.3 Å². The van der Waals surface area contributed by atoms with Crippen LogP contribution in [0.3, 0.4) is 0 Å². The lowest BCUT2D eigenvalue weighted by Crippen LogP contribution is -2.42. The summed E-state index contributed by atoms with van der Waals surface area (Å²) < 4.78 is 18.5. The summed E-state index contributed by atoms with van der Waals surface area (Å²) in [6, 6.07) is 25.2. The molecule has 5 rings (SSSR count). The third-order valence-electron chi connectivity index (χ3n) is 7.36. The van der Waals surface area contributed by atoms with Gasteiger partial charge in [0.2, 0.25) is 0 Å². The van der Waals surface area contributed by atoms with Gasteiger partial charge in [-0.25, -0.2) is 0 Å². The zero-order valence-corrected chi connectivity index (χ0v) is 21.8. The van der Waals surface area contributed by atoms with Crippen molar-refractivity contribution in [2.24, 2.45) is 0 Å². The summed E-state index contributed by atoms with van der Waals surface area (Å²) in [4.78, 5) is 15.2. The third-order valence-corrected chi connectivity index (χ3v) is 7.36. The fraction of sp³-hybridized carbons (Fsp3) is 0.387. The maximum atomic E-state index is 12.7. The van der Waals surface area contributed by atoms with E-state index in [1.807, 2.05) is 66.7 Å². The number of carbonyl (C=O) groups is 1. The van der Waals surface area contributed by atoms with Gasteiger partial charge in [-0.1, -0.05) is 54.6 Å². The summed E-state index contributed by atoms with van der Waals surface area (Å²) in [5, 5.41) is 12.5. The van der Waals surface area contributed by atoms with Gasteiger partial charge in [0, 0.05) is 42.9 Å². The number of hydrogen-bond donors (Lipinski definition) is 2. The summed E-state index contributed by atoms with van der Waals surface area (Å²) in [5.74, 6) is -0.161. The van der Waals surface area contributed by atoms with Crippen LogP contribution in [0.25, 0.3) is 0 Å². The van der Waals surface area contributed by atoms with E-state index in [4.69, 9.17) is 14.2 Å². The minimum absolute atomic E-state index is 0.0114. The van der Waals surface area contributed by atoms with Crippen LogP contribution in [0.2, 0.25) is 0 Å². The molecule has 200 valence electrons. The summed E-state index contributed by atoms with van der Waals surface area (Å²) in [6.07, 6.45) is 2.27. The lowest BCUT2D eigenvalue weighted by molar-refractivity contribution is -0.253. The molecule has 0 aromatic heterocycles. The molecule has 1 amide bonds. The Kier molecular flexibility index (Phi) is 8.83. The van der Waals surface area contributed by atoms with Gasteiger partial charge in [-0.15, -0.1) is 0 Å². The number of hydrogen-bond acceptors (Lipinski definition) is 6. The second kappa shape index (κ2) is 12.7. The largest absolute Gasteiger partial charge is 0.392 e. The molecule has 0 radical (unpaired) electrons. The number of ether oxygens (including phenoxy) is 3. The van der Waals surface area contributed by atoms with Crippen LogP contribution in [0.15, 0.2) is 78.9 Å². The fourth-order valence-electron chi connectivity index (χ4n) is 5.37. The smallest absolute Gasteiger partial charge is 0.255 e.